The molecule has 0 aliphatic carbocycles. The first-order valence-electron chi connectivity index (χ1n) is 7.97. The van der Waals surface area contributed by atoms with Crippen LogP contribution in [0, 0.1) is 0 Å². The Kier molecular flexibility index (Phi) is 5.30. The van der Waals surface area contributed by atoms with Crippen LogP contribution in [0.4, 0.5) is 4.79 Å². The molecule has 0 unspecified atom stereocenters. The monoisotopic (exact) mass is 372 g/mol. The number of amides is 1. The van der Waals surface area contributed by atoms with Gasteiger partial charge in [-0.05, 0) is 43.7 Å². The van der Waals surface area contributed by atoms with Crippen LogP contribution in [0.1, 0.15) is 25.8 Å². The maximum Gasteiger partial charge on any atom is 0.408 e. The van der Waals surface area contributed by atoms with E-state index in [1.165, 1.54) is 22.1 Å². The number of ether oxygens (including phenoxy) is 1. The van der Waals surface area contributed by atoms with Crippen LogP contribution in [-0.2, 0) is 11.3 Å². The quantitative estimate of drug-likeness (QED) is 0.659. The minimum Gasteiger partial charge on any atom is -0.444 e. The number of fused-ring (bicyclic) bond motifs is 1. The number of hydrogen-bond donors (Lipinski definition) is 1. The predicted octanol–water partition coefficient (Wildman–Crippen LogP) is 5.47. The zero-order valence-corrected chi connectivity index (χ0v) is 16.0. The minimum absolute atomic E-state index is 0.373. The third kappa shape index (κ3) is 5.21. The van der Waals surface area contributed by atoms with Gasteiger partial charge in [0.1, 0.15) is 15.6 Å². The van der Waals surface area contributed by atoms with Crippen LogP contribution in [0.5, 0.6) is 0 Å². The SMILES string of the molecule is CC(C)(C)OC(=O)NCc1nc(Sc2ccc3ccccc3c2)cs1. The molecule has 0 radical (unpaired) electrons. The standard InChI is InChI=1S/C19H20N2O2S2/c1-19(2,3)23-18(22)20-11-16-21-17(12-24-16)25-15-9-8-13-6-4-5-7-14(13)10-15/h4-10,12H,11H2,1-3H3,(H,20,22). The van der Waals surface area contributed by atoms with Gasteiger partial charge in [-0.25, -0.2) is 9.78 Å². The van der Waals surface area contributed by atoms with E-state index in [-0.39, 0.29) is 0 Å². The highest BCUT2D eigenvalue weighted by molar-refractivity contribution is 7.99. The number of carbonyl (C=O) groups is 1. The fourth-order valence-corrected chi connectivity index (χ4v) is 3.95. The number of nitrogens with one attached hydrogen (secondary N) is 1. The van der Waals surface area contributed by atoms with Gasteiger partial charge in [0.05, 0.1) is 6.54 Å². The van der Waals surface area contributed by atoms with Gasteiger partial charge in [-0.2, -0.15) is 0 Å². The molecule has 2 aromatic carbocycles. The van der Waals surface area contributed by atoms with Crippen molar-refractivity contribution in [2.75, 3.05) is 0 Å². The summed E-state index contributed by atoms with van der Waals surface area (Å²) in [6.45, 7) is 5.90. The summed E-state index contributed by atoms with van der Waals surface area (Å²) in [7, 11) is 0. The van der Waals surface area contributed by atoms with E-state index in [4.69, 9.17) is 4.74 Å². The molecule has 0 spiro atoms. The van der Waals surface area contributed by atoms with Gasteiger partial charge < -0.3 is 10.1 Å². The lowest BCUT2D eigenvalue weighted by Gasteiger charge is -2.19. The third-order valence-electron chi connectivity index (χ3n) is 3.26. The first kappa shape index (κ1) is 17.8. The van der Waals surface area contributed by atoms with Crippen LogP contribution in [0.3, 0.4) is 0 Å². The van der Waals surface area contributed by atoms with Crippen molar-refractivity contribution in [3.05, 3.63) is 52.9 Å². The molecule has 0 atom stereocenters. The second-order valence-corrected chi connectivity index (χ2v) is 8.58. The summed E-state index contributed by atoms with van der Waals surface area (Å²) >= 11 is 3.15. The van der Waals surface area contributed by atoms with Gasteiger partial charge in [-0.1, -0.05) is 42.1 Å². The van der Waals surface area contributed by atoms with Crippen molar-refractivity contribution < 1.29 is 9.53 Å². The van der Waals surface area contributed by atoms with E-state index in [9.17, 15) is 4.79 Å². The van der Waals surface area contributed by atoms with E-state index < -0.39 is 11.7 Å². The normalized spacial score (nSPS) is 11.5. The highest BCUT2D eigenvalue weighted by Crippen LogP contribution is 2.30. The summed E-state index contributed by atoms with van der Waals surface area (Å²) in [4.78, 5) is 17.4. The van der Waals surface area contributed by atoms with Crippen molar-refractivity contribution in [2.24, 2.45) is 0 Å². The lowest BCUT2D eigenvalue weighted by Crippen LogP contribution is -2.32. The van der Waals surface area contributed by atoms with Crippen molar-refractivity contribution >= 4 is 40.0 Å². The first-order valence-corrected chi connectivity index (χ1v) is 9.66. The summed E-state index contributed by atoms with van der Waals surface area (Å²) in [5.41, 5.74) is -0.496. The van der Waals surface area contributed by atoms with Crippen LogP contribution in [-0.4, -0.2) is 16.7 Å². The number of rotatable bonds is 4. The molecule has 0 aliphatic heterocycles. The molecule has 1 aromatic heterocycles. The second kappa shape index (κ2) is 7.45. The van der Waals surface area contributed by atoms with E-state index in [0.717, 1.165) is 14.9 Å². The largest absolute Gasteiger partial charge is 0.444 e. The fraction of sp³-hybridized carbons (Fsp3) is 0.263. The highest BCUT2D eigenvalue weighted by Gasteiger charge is 2.16. The molecule has 0 saturated carbocycles. The summed E-state index contributed by atoms with van der Waals surface area (Å²) in [6.07, 6.45) is -0.425. The molecule has 0 bridgehead atoms. The van der Waals surface area contributed by atoms with E-state index >= 15 is 0 Å². The molecule has 4 nitrogen and oxygen atoms in total. The molecule has 3 aromatic rings. The number of alkyl carbamates (subject to hydrolysis) is 1. The minimum atomic E-state index is -0.496. The van der Waals surface area contributed by atoms with Crippen molar-refractivity contribution in [1.29, 1.82) is 0 Å². The summed E-state index contributed by atoms with van der Waals surface area (Å²) < 4.78 is 5.22. The molecule has 130 valence electrons. The molecule has 0 aliphatic rings. The van der Waals surface area contributed by atoms with Crippen LogP contribution in [0.15, 0.2) is 57.8 Å². The van der Waals surface area contributed by atoms with E-state index in [0.29, 0.717) is 6.54 Å². The molecule has 3 rings (SSSR count). The second-order valence-electron chi connectivity index (χ2n) is 6.55. The molecule has 0 fully saturated rings. The number of benzene rings is 2. The van der Waals surface area contributed by atoms with Gasteiger partial charge >= 0.3 is 6.09 Å². The fourth-order valence-electron chi connectivity index (χ4n) is 2.24. The van der Waals surface area contributed by atoms with Crippen molar-refractivity contribution in [2.45, 2.75) is 42.8 Å². The van der Waals surface area contributed by atoms with Gasteiger partial charge in [-0.3, -0.25) is 0 Å². The topological polar surface area (TPSA) is 51.2 Å². The maximum atomic E-state index is 11.7. The molecule has 1 amide bonds. The Labute approximate surface area is 155 Å². The number of nitrogens with zero attached hydrogens (tertiary/aromatic N) is 1. The Morgan fingerprint density at radius 2 is 1.96 bits per heavy atom. The molecule has 1 heterocycles. The molecular weight excluding hydrogens is 352 g/mol. The van der Waals surface area contributed by atoms with Gasteiger partial charge in [-0.15, -0.1) is 11.3 Å². The lowest BCUT2D eigenvalue weighted by atomic mass is 10.1. The Morgan fingerprint density at radius 1 is 1.20 bits per heavy atom. The van der Waals surface area contributed by atoms with Crippen molar-refractivity contribution in [1.82, 2.24) is 10.3 Å². The number of aromatic nitrogens is 1. The predicted molar refractivity (Wildman–Crippen MR) is 103 cm³/mol. The third-order valence-corrected chi connectivity index (χ3v) is 5.16. The Balaban J connectivity index is 1.60. The van der Waals surface area contributed by atoms with E-state index in [1.54, 1.807) is 11.8 Å². The van der Waals surface area contributed by atoms with Gasteiger partial charge in [0.15, 0.2) is 0 Å². The van der Waals surface area contributed by atoms with Gasteiger partial charge in [0.25, 0.3) is 0 Å². The maximum absolute atomic E-state index is 11.7. The highest BCUT2D eigenvalue weighted by atomic mass is 32.2. The van der Waals surface area contributed by atoms with Gasteiger partial charge in [0.2, 0.25) is 0 Å². The van der Waals surface area contributed by atoms with Crippen molar-refractivity contribution in [3.8, 4) is 0 Å². The smallest absolute Gasteiger partial charge is 0.408 e. The van der Waals surface area contributed by atoms with Gasteiger partial charge in [0, 0.05) is 10.3 Å². The lowest BCUT2D eigenvalue weighted by molar-refractivity contribution is 0.0523. The first-order chi connectivity index (χ1) is 11.9. The molecule has 6 heteroatoms. The average molecular weight is 373 g/mol. The number of carbonyl (C=O) groups excluding carboxylic acids is 1. The average Bonchev–Trinajstić information content (AvgIpc) is 2.99. The summed E-state index contributed by atoms with van der Waals surface area (Å²) in [5.74, 6) is 0. The summed E-state index contributed by atoms with van der Waals surface area (Å²) in [6, 6.07) is 14.7. The van der Waals surface area contributed by atoms with Crippen LogP contribution < -0.4 is 5.32 Å². The van der Waals surface area contributed by atoms with Crippen molar-refractivity contribution in [3.63, 3.8) is 0 Å². The zero-order valence-electron chi connectivity index (χ0n) is 14.4. The summed E-state index contributed by atoms with van der Waals surface area (Å²) in [5, 5.41) is 8.97. The Hall–Kier alpha value is -2.05. The van der Waals surface area contributed by atoms with Crippen LogP contribution >= 0.6 is 23.1 Å². The number of thiazole rings is 1. The van der Waals surface area contributed by atoms with Crippen LogP contribution in [0.25, 0.3) is 10.8 Å². The Morgan fingerprint density at radius 3 is 2.72 bits per heavy atom. The van der Waals surface area contributed by atoms with E-state index in [1.807, 2.05) is 38.3 Å². The molecular formula is C19H20N2O2S2. The zero-order chi connectivity index (χ0) is 17.9. The Bertz CT molecular complexity index is 884. The van der Waals surface area contributed by atoms with Crippen LogP contribution in [0.2, 0.25) is 0 Å². The molecule has 25 heavy (non-hydrogen) atoms. The molecule has 1 N–H and O–H groups in total. The molecule has 0 saturated heterocycles. The van der Waals surface area contributed by atoms with E-state index in [2.05, 4.69) is 40.6 Å². The number of hydrogen-bond acceptors (Lipinski definition) is 5.